The molecule has 0 aliphatic carbocycles. The number of aryl methyl sites for hydroxylation is 2. The van der Waals surface area contributed by atoms with Crippen LogP contribution >= 0.6 is 11.3 Å². The maximum absolute atomic E-state index is 7.07. The van der Waals surface area contributed by atoms with Crippen molar-refractivity contribution in [1.82, 2.24) is 4.98 Å². The van der Waals surface area contributed by atoms with Gasteiger partial charge in [-0.3, -0.25) is 5.41 Å². The van der Waals surface area contributed by atoms with Crippen LogP contribution in [0.4, 0.5) is 0 Å². The molecule has 3 N–H and O–H groups in total. The minimum atomic E-state index is 0.0567. The van der Waals surface area contributed by atoms with E-state index in [1.165, 1.54) is 11.3 Å². The molecule has 1 rings (SSSR count). The predicted octanol–water partition coefficient (Wildman–Crippen LogP) is 1.04. The number of nitrogens with two attached hydrogens (primary N) is 1. The zero-order valence-electron chi connectivity index (χ0n) is 5.93. The van der Waals surface area contributed by atoms with Crippen LogP contribution in [0.15, 0.2) is 0 Å². The van der Waals surface area contributed by atoms with E-state index in [1.54, 1.807) is 0 Å². The van der Waals surface area contributed by atoms with Crippen LogP contribution in [-0.2, 0) is 0 Å². The summed E-state index contributed by atoms with van der Waals surface area (Å²) in [6, 6.07) is 0. The van der Waals surface area contributed by atoms with Crippen molar-refractivity contribution in [3.05, 3.63) is 15.6 Å². The molecule has 0 radical (unpaired) electrons. The molecule has 0 aromatic carbocycles. The highest BCUT2D eigenvalue weighted by Gasteiger charge is 2.04. The number of nitrogens with zero attached hydrogens (tertiary/aromatic N) is 1. The van der Waals surface area contributed by atoms with Gasteiger partial charge in [-0.2, -0.15) is 0 Å². The molecule has 54 valence electrons. The molecule has 0 saturated heterocycles. The first kappa shape index (κ1) is 7.21. The molecule has 1 aromatic rings. The van der Waals surface area contributed by atoms with Gasteiger partial charge in [-0.15, -0.1) is 11.3 Å². The van der Waals surface area contributed by atoms with Crippen molar-refractivity contribution in [3.63, 3.8) is 0 Å². The lowest BCUT2D eigenvalue weighted by atomic mass is 10.4. The maximum atomic E-state index is 7.07. The zero-order chi connectivity index (χ0) is 7.72. The molecular weight excluding hydrogens is 146 g/mol. The Kier molecular flexibility index (Phi) is 1.72. The third-order valence-corrected chi connectivity index (χ3v) is 2.37. The quantitative estimate of drug-likeness (QED) is 0.470. The molecule has 0 saturated carbocycles. The van der Waals surface area contributed by atoms with Gasteiger partial charge in [0.1, 0.15) is 0 Å². The normalized spacial score (nSPS) is 9.80. The Balaban J connectivity index is 3.10. The van der Waals surface area contributed by atoms with E-state index in [2.05, 4.69) is 4.98 Å². The molecule has 0 amide bonds. The van der Waals surface area contributed by atoms with Gasteiger partial charge in [-0.05, 0) is 13.8 Å². The summed E-state index contributed by atoms with van der Waals surface area (Å²) in [4.78, 5) is 5.21. The lowest BCUT2D eigenvalue weighted by molar-refractivity contribution is 1.21. The summed E-state index contributed by atoms with van der Waals surface area (Å²) < 4.78 is 0. The minimum Gasteiger partial charge on any atom is -0.382 e. The summed E-state index contributed by atoms with van der Waals surface area (Å²) >= 11 is 1.46. The highest BCUT2D eigenvalue weighted by atomic mass is 32.1. The number of nitrogens with one attached hydrogen (secondary N) is 1. The number of amidine groups is 1. The molecule has 0 fully saturated rings. The Bertz CT molecular complexity index is 244. The molecule has 3 nitrogen and oxygen atoms in total. The number of thiazole rings is 1. The first-order valence-corrected chi connectivity index (χ1v) is 3.71. The predicted molar refractivity (Wildman–Crippen MR) is 42.6 cm³/mol. The lowest BCUT2D eigenvalue weighted by Crippen LogP contribution is -2.10. The van der Waals surface area contributed by atoms with Crippen molar-refractivity contribution in [3.8, 4) is 0 Å². The number of hydrogen-bond acceptors (Lipinski definition) is 3. The maximum Gasteiger partial charge on any atom is 0.158 e. The van der Waals surface area contributed by atoms with Crippen LogP contribution < -0.4 is 5.73 Å². The molecule has 1 aromatic heterocycles. The fourth-order valence-corrected chi connectivity index (χ4v) is 1.36. The van der Waals surface area contributed by atoms with Crippen LogP contribution in [0.2, 0.25) is 0 Å². The average Bonchev–Trinajstić information content (AvgIpc) is 2.13. The largest absolute Gasteiger partial charge is 0.382 e. The monoisotopic (exact) mass is 155 g/mol. The third-order valence-electron chi connectivity index (χ3n) is 1.26. The van der Waals surface area contributed by atoms with Gasteiger partial charge in [0.15, 0.2) is 10.8 Å². The fourth-order valence-electron chi connectivity index (χ4n) is 0.588. The van der Waals surface area contributed by atoms with E-state index in [-0.39, 0.29) is 5.84 Å². The zero-order valence-corrected chi connectivity index (χ0v) is 6.75. The van der Waals surface area contributed by atoms with Gasteiger partial charge in [-0.25, -0.2) is 4.98 Å². The van der Waals surface area contributed by atoms with Crippen LogP contribution in [0.5, 0.6) is 0 Å². The summed E-state index contributed by atoms with van der Waals surface area (Å²) in [5.41, 5.74) is 6.19. The minimum absolute atomic E-state index is 0.0567. The molecule has 10 heavy (non-hydrogen) atoms. The molecule has 0 unspecified atom stereocenters. The topological polar surface area (TPSA) is 62.8 Å². The van der Waals surface area contributed by atoms with Gasteiger partial charge in [0.05, 0.1) is 5.69 Å². The molecule has 4 heteroatoms. The van der Waals surface area contributed by atoms with Crippen molar-refractivity contribution < 1.29 is 0 Å². The summed E-state index contributed by atoms with van der Waals surface area (Å²) in [5.74, 6) is 0.0567. The van der Waals surface area contributed by atoms with Crippen LogP contribution in [0.1, 0.15) is 15.6 Å². The SMILES string of the molecule is Cc1nc(C(=N)N)sc1C. The van der Waals surface area contributed by atoms with Gasteiger partial charge < -0.3 is 5.73 Å². The van der Waals surface area contributed by atoms with Crippen molar-refractivity contribution in [1.29, 1.82) is 5.41 Å². The number of aromatic nitrogens is 1. The molecule has 0 atom stereocenters. The lowest BCUT2D eigenvalue weighted by Gasteiger charge is -1.84. The van der Waals surface area contributed by atoms with Crippen molar-refractivity contribution in [2.45, 2.75) is 13.8 Å². The summed E-state index contributed by atoms with van der Waals surface area (Å²) in [7, 11) is 0. The van der Waals surface area contributed by atoms with Crippen molar-refractivity contribution >= 4 is 17.2 Å². The van der Waals surface area contributed by atoms with Gasteiger partial charge in [-0.1, -0.05) is 0 Å². The average molecular weight is 155 g/mol. The Morgan fingerprint density at radius 2 is 2.20 bits per heavy atom. The van der Waals surface area contributed by atoms with E-state index < -0.39 is 0 Å². The van der Waals surface area contributed by atoms with Crippen LogP contribution in [0.25, 0.3) is 0 Å². The van der Waals surface area contributed by atoms with E-state index in [0.29, 0.717) is 5.01 Å². The number of hydrogen-bond donors (Lipinski definition) is 2. The second-order valence-electron chi connectivity index (χ2n) is 2.07. The summed E-state index contributed by atoms with van der Waals surface area (Å²) in [5, 5.41) is 7.69. The number of nitrogen functional groups attached to an aromatic ring is 1. The molecule has 1 heterocycles. The number of rotatable bonds is 1. The standard InChI is InChI=1S/C6H9N3S/c1-3-4(2)10-6(9-3)5(7)8/h1-2H3,(H3,7,8). The highest BCUT2D eigenvalue weighted by Crippen LogP contribution is 2.15. The van der Waals surface area contributed by atoms with E-state index in [0.717, 1.165) is 10.6 Å². The van der Waals surface area contributed by atoms with Gasteiger partial charge in [0, 0.05) is 4.88 Å². The summed E-state index contributed by atoms with van der Waals surface area (Å²) in [6.45, 7) is 3.89. The van der Waals surface area contributed by atoms with E-state index in [4.69, 9.17) is 11.1 Å². The van der Waals surface area contributed by atoms with Gasteiger partial charge in [0.2, 0.25) is 0 Å². The first-order chi connectivity index (χ1) is 4.61. The highest BCUT2D eigenvalue weighted by molar-refractivity contribution is 7.13. The second kappa shape index (κ2) is 2.38. The van der Waals surface area contributed by atoms with Gasteiger partial charge >= 0.3 is 0 Å². The third kappa shape index (κ3) is 1.16. The van der Waals surface area contributed by atoms with Crippen LogP contribution in [-0.4, -0.2) is 10.8 Å². The van der Waals surface area contributed by atoms with E-state index >= 15 is 0 Å². The van der Waals surface area contributed by atoms with Crippen LogP contribution in [0, 0.1) is 19.3 Å². The van der Waals surface area contributed by atoms with Crippen LogP contribution in [0.3, 0.4) is 0 Å². The second-order valence-corrected chi connectivity index (χ2v) is 3.28. The van der Waals surface area contributed by atoms with E-state index in [9.17, 15) is 0 Å². The Morgan fingerprint density at radius 1 is 1.60 bits per heavy atom. The Labute approximate surface area is 63.4 Å². The smallest absolute Gasteiger partial charge is 0.158 e. The Morgan fingerprint density at radius 3 is 2.40 bits per heavy atom. The molecular formula is C6H9N3S. The fraction of sp³-hybridized carbons (Fsp3) is 0.333. The molecule has 0 aliphatic rings. The molecule has 0 aliphatic heterocycles. The summed E-state index contributed by atoms with van der Waals surface area (Å²) in [6.07, 6.45) is 0. The Hall–Kier alpha value is -0.900. The molecule has 0 bridgehead atoms. The first-order valence-electron chi connectivity index (χ1n) is 2.89. The van der Waals surface area contributed by atoms with Crippen molar-refractivity contribution in [2.75, 3.05) is 0 Å². The van der Waals surface area contributed by atoms with Crippen molar-refractivity contribution in [2.24, 2.45) is 5.73 Å². The van der Waals surface area contributed by atoms with E-state index in [1.807, 2.05) is 13.8 Å². The molecule has 0 spiro atoms. The van der Waals surface area contributed by atoms with Gasteiger partial charge in [0.25, 0.3) is 0 Å².